The van der Waals surface area contributed by atoms with Gasteiger partial charge in [0.1, 0.15) is 6.54 Å². The van der Waals surface area contributed by atoms with Gasteiger partial charge in [-0.2, -0.15) is 0 Å². The topological polar surface area (TPSA) is 74.7 Å². The SMILES string of the molecule is O=C(O)CN1C(=O)S/C(=C\c2cccc(Cl)c2Cl)C1=O. The number of hydrogen-bond donors (Lipinski definition) is 1. The molecule has 8 heteroatoms. The Morgan fingerprint density at radius 2 is 2.05 bits per heavy atom. The number of aliphatic carboxylic acids is 1. The van der Waals surface area contributed by atoms with Crippen LogP contribution >= 0.6 is 35.0 Å². The van der Waals surface area contributed by atoms with Gasteiger partial charge in [0, 0.05) is 0 Å². The maximum Gasteiger partial charge on any atom is 0.323 e. The summed E-state index contributed by atoms with van der Waals surface area (Å²) in [6.07, 6.45) is 1.42. The minimum absolute atomic E-state index is 0.111. The molecule has 0 aliphatic carbocycles. The molecule has 0 aromatic heterocycles. The molecule has 0 unspecified atom stereocenters. The van der Waals surface area contributed by atoms with Crippen molar-refractivity contribution in [3.8, 4) is 0 Å². The van der Waals surface area contributed by atoms with E-state index in [0.717, 1.165) is 0 Å². The number of amides is 2. The number of benzene rings is 1. The smallest absolute Gasteiger partial charge is 0.323 e. The van der Waals surface area contributed by atoms with Gasteiger partial charge in [0.15, 0.2) is 0 Å². The second kappa shape index (κ2) is 5.87. The highest BCUT2D eigenvalue weighted by Crippen LogP contribution is 2.34. The lowest BCUT2D eigenvalue weighted by Crippen LogP contribution is -2.33. The van der Waals surface area contributed by atoms with Crippen LogP contribution in [-0.2, 0) is 9.59 Å². The van der Waals surface area contributed by atoms with E-state index >= 15 is 0 Å². The van der Waals surface area contributed by atoms with Crippen LogP contribution < -0.4 is 0 Å². The lowest BCUT2D eigenvalue weighted by molar-refractivity contribution is -0.140. The van der Waals surface area contributed by atoms with Crippen molar-refractivity contribution in [3.05, 3.63) is 38.7 Å². The first-order valence-corrected chi connectivity index (χ1v) is 6.88. The fourth-order valence-electron chi connectivity index (χ4n) is 1.54. The van der Waals surface area contributed by atoms with Crippen molar-refractivity contribution in [2.24, 2.45) is 0 Å². The number of imide groups is 1. The van der Waals surface area contributed by atoms with Crippen molar-refractivity contribution >= 4 is 58.2 Å². The Bertz CT molecular complexity index is 644. The minimum Gasteiger partial charge on any atom is -0.480 e. The molecular weight excluding hydrogens is 325 g/mol. The zero-order valence-electron chi connectivity index (χ0n) is 9.80. The van der Waals surface area contributed by atoms with E-state index in [0.29, 0.717) is 27.2 Å². The number of carboxylic acids is 1. The number of rotatable bonds is 3. The van der Waals surface area contributed by atoms with Gasteiger partial charge < -0.3 is 5.11 Å². The number of carboxylic acid groups (broad SMARTS) is 1. The van der Waals surface area contributed by atoms with Gasteiger partial charge in [-0.1, -0.05) is 35.3 Å². The fraction of sp³-hybridized carbons (Fsp3) is 0.0833. The van der Waals surface area contributed by atoms with Crippen molar-refractivity contribution < 1.29 is 19.5 Å². The molecule has 1 aliphatic rings. The molecule has 1 aliphatic heterocycles. The number of halogens is 2. The van der Waals surface area contributed by atoms with Gasteiger partial charge in [-0.25, -0.2) is 0 Å². The second-order valence-corrected chi connectivity index (χ2v) is 5.58. The summed E-state index contributed by atoms with van der Waals surface area (Å²) in [5.74, 6) is -1.91. The highest BCUT2D eigenvalue weighted by atomic mass is 35.5. The average Bonchev–Trinajstić information content (AvgIpc) is 2.62. The largest absolute Gasteiger partial charge is 0.480 e. The van der Waals surface area contributed by atoms with Crippen LogP contribution in [0.1, 0.15) is 5.56 Å². The van der Waals surface area contributed by atoms with E-state index in [1.807, 2.05) is 0 Å². The first-order valence-electron chi connectivity index (χ1n) is 5.31. The summed E-state index contributed by atoms with van der Waals surface area (Å²) < 4.78 is 0. The molecule has 0 atom stereocenters. The lowest BCUT2D eigenvalue weighted by atomic mass is 10.2. The highest BCUT2D eigenvalue weighted by molar-refractivity contribution is 8.18. The first kappa shape index (κ1) is 14.9. The Morgan fingerprint density at radius 1 is 1.35 bits per heavy atom. The molecule has 104 valence electrons. The van der Waals surface area contributed by atoms with Crippen LogP contribution in [0.4, 0.5) is 4.79 Å². The van der Waals surface area contributed by atoms with E-state index in [-0.39, 0.29) is 9.93 Å². The van der Waals surface area contributed by atoms with Crippen LogP contribution in [-0.4, -0.2) is 33.7 Å². The Kier molecular flexibility index (Phi) is 4.37. The Hall–Kier alpha value is -1.50. The summed E-state index contributed by atoms with van der Waals surface area (Å²) in [6, 6.07) is 4.89. The van der Waals surface area contributed by atoms with Crippen molar-refractivity contribution in [2.75, 3.05) is 6.54 Å². The molecule has 1 saturated heterocycles. The zero-order valence-corrected chi connectivity index (χ0v) is 12.1. The summed E-state index contributed by atoms with van der Waals surface area (Å²) in [5, 5.41) is 8.62. The maximum atomic E-state index is 11.9. The zero-order chi connectivity index (χ0) is 14.9. The summed E-state index contributed by atoms with van der Waals surface area (Å²) in [5.41, 5.74) is 0.486. The van der Waals surface area contributed by atoms with Crippen LogP contribution in [0.25, 0.3) is 6.08 Å². The van der Waals surface area contributed by atoms with Gasteiger partial charge in [-0.15, -0.1) is 0 Å². The summed E-state index contributed by atoms with van der Waals surface area (Å²) in [7, 11) is 0. The number of carbonyl (C=O) groups is 3. The molecular formula is C12H7Cl2NO4S. The van der Waals surface area contributed by atoms with Gasteiger partial charge in [0.2, 0.25) is 0 Å². The lowest BCUT2D eigenvalue weighted by Gasteiger charge is -2.07. The van der Waals surface area contributed by atoms with Crippen molar-refractivity contribution in [2.45, 2.75) is 0 Å². The van der Waals surface area contributed by atoms with E-state index in [2.05, 4.69) is 0 Å². The van der Waals surface area contributed by atoms with Crippen LogP contribution in [0.15, 0.2) is 23.1 Å². The van der Waals surface area contributed by atoms with Crippen molar-refractivity contribution in [3.63, 3.8) is 0 Å². The molecule has 0 saturated carbocycles. The van der Waals surface area contributed by atoms with E-state index in [1.165, 1.54) is 6.08 Å². The van der Waals surface area contributed by atoms with E-state index in [4.69, 9.17) is 28.3 Å². The van der Waals surface area contributed by atoms with Crippen LogP contribution in [0, 0.1) is 0 Å². The number of carbonyl (C=O) groups excluding carboxylic acids is 2. The van der Waals surface area contributed by atoms with Gasteiger partial charge in [0.25, 0.3) is 11.1 Å². The third-order valence-corrected chi connectivity index (χ3v) is 4.18. The molecule has 1 aromatic carbocycles. The normalized spacial score (nSPS) is 17.1. The third-order valence-electron chi connectivity index (χ3n) is 2.44. The average molecular weight is 332 g/mol. The monoisotopic (exact) mass is 331 g/mol. The molecule has 0 radical (unpaired) electrons. The quantitative estimate of drug-likeness (QED) is 0.861. The molecule has 5 nitrogen and oxygen atoms in total. The number of nitrogens with zero attached hydrogens (tertiary/aromatic N) is 1. The van der Waals surface area contributed by atoms with Crippen LogP contribution in [0.2, 0.25) is 10.0 Å². The molecule has 1 N–H and O–H groups in total. The predicted octanol–water partition coefficient (Wildman–Crippen LogP) is 3.11. The maximum absolute atomic E-state index is 11.9. The summed E-state index contributed by atoms with van der Waals surface area (Å²) >= 11 is 12.5. The molecule has 1 heterocycles. The van der Waals surface area contributed by atoms with Gasteiger partial charge in [-0.3, -0.25) is 19.3 Å². The molecule has 0 spiro atoms. The molecule has 1 aromatic rings. The van der Waals surface area contributed by atoms with Gasteiger partial charge in [-0.05, 0) is 29.5 Å². The van der Waals surface area contributed by atoms with Gasteiger partial charge >= 0.3 is 5.97 Å². The van der Waals surface area contributed by atoms with Crippen molar-refractivity contribution in [1.29, 1.82) is 0 Å². The second-order valence-electron chi connectivity index (χ2n) is 3.80. The minimum atomic E-state index is -1.26. The highest BCUT2D eigenvalue weighted by Gasteiger charge is 2.36. The summed E-state index contributed by atoms with van der Waals surface area (Å²) in [6.45, 7) is -0.661. The molecule has 2 rings (SSSR count). The molecule has 1 fully saturated rings. The van der Waals surface area contributed by atoms with Gasteiger partial charge in [0.05, 0.1) is 15.0 Å². The first-order chi connectivity index (χ1) is 9.40. The fourth-order valence-corrected chi connectivity index (χ4v) is 2.74. The van der Waals surface area contributed by atoms with E-state index < -0.39 is 23.7 Å². The molecule has 2 amide bonds. The number of thioether (sulfide) groups is 1. The van der Waals surface area contributed by atoms with Crippen molar-refractivity contribution in [1.82, 2.24) is 4.90 Å². The summed E-state index contributed by atoms with van der Waals surface area (Å²) in [4.78, 5) is 34.9. The third kappa shape index (κ3) is 2.98. The predicted molar refractivity (Wildman–Crippen MR) is 76.8 cm³/mol. The Balaban J connectivity index is 2.32. The van der Waals surface area contributed by atoms with Crippen LogP contribution in [0.5, 0.6) is 0 Å². The standard InChI is InChI=1S/C12H7Cl2NO4S/c13-7-3-1-2-6(10(7)14)4-8-11(18)15(5-9(16)17)12(19)20-8/h1-4H,5H2,(H,16,17)/b8-4-. The van der Waals surface area contributed by atoms with E-state index in [9.17, 15) is 14.4 Å². The van der Waals surface area contributed by atoms with Crippen LogP contribution in [0.3, 0.4) is 0 Å². The Morgan fingerprint density at radius 3 is 2.70 bits per heavy atom. The molecule has 20 heavy (non-hydrogen) atoms. The Labute approximate surface area is 128 Å². The van der Waals surface area contributed by atoms with E-state index in [1.54, 1.807) is 18.2 Å². The number of hydrogen-bond acceptors (Lipinski definition) is 4. The molecule has 0 bridgehead atoms.